The summed E-state index contributed by atoms with van der Waals surface area (Å²) < 4.78 is 10.3. The molecule has 0 aliphatic carbocycles. The van der Waals surface area contributed by atoms with Gasteiger partial charge in [0.15, 0.2) is 0 Å². The fourth-order valence-electron chi connectivity index (χ4n) is 1.95. The summed E-state index contributed by atoms with van der Waals surface area (Å²) in [7, 11) is 5.37. The molecule has 108 valence electrons. The largest absolute Gasteiger partial charge is 0.385 e. The molecule has 0 radical (unpaired) electrons. The number of anilines is 1. The second-order valence-electron chi connectivity index (χ2n) is 4.38. The topological polar surface area (TPSA) is 46.6 Å². The Bertz CT molecular complexity index is 347. The number of nitrogens with zero attached hydrogens (tertiary/aromatic N) is 2. The lowest BCUT2D eigenvalue weighted by Crippen LogP contribution is -2.29. The van der Waals surface area contributed by atoms with E-state index in [1.807, 2.05) is 13.1 Å². The van der Waals surface area contributed by atoms with E-state index in [1.54, 1.807) is 20.4 Å². The van der Waals surface area contributed by atoms with Crippen LogP contribution in [0.4, 0.5) is 5.82 Å². The van der Waals surface area contributed by atoms with Crippen LogP contribution in [0.5, 0.6) is 0 Å². The van der Waals surface area contributed by atoms with Crippen molar-refractivity contribution in [3.63, 3.8) is 0 Å². The zero-order chi connectivity index (χ0) is 13.9. The van der Waals surface area contributed by atoms with E-state index in [-0.39, 0.29) is 0 Å². The molecule has 1 rings (SSSR count). The van der Waals surface area contributed by atoms with Crippen LogP contribution < -0.4 is 5.32 Å². The molecule has 0 fully saturated rings. The van der Waals surface area contributed by atoms with Gasteiger partial charge in [0.2, 0.25) is 0 Å². The lowest BCUT2D eigenvalue weighted by atomic mass is 10.2. The number of rotatable bonds is 10. The third-order valence-corrected chi connectivity index (χ3v) is 2.96. The van der Waals surface area contributed by atoms with Gasteiger partial charge in [-0.15, -0.1) is 0 Å². The Morgan fingerprint density at radius 2 is 2.00 bits per heavy atom. The standard InChI is InChI=1S/C14H25N3O2/c1-15-14-13(6-4-7-16-14)12-17(9-11-19-3)8-5-10-18-2/h4,6-7H,5,8-12H2,1-3H3,(H,15,16). The molecule has 0 amide bonds. The summed E-state index contributed by atoms with van der Waals surface area (Å²) in [5, 5.41) is 3.13. The van der Waals surface area contributed by atoms with Crippen LogP contribution in [0.15, 0.2) is 18.3 Å². The fourth-order valence-corrected chi connectivity index (χ4v) is 1.95. The molecule has 5 heteroatoms. The number of hydrogen-bond acceptors (Lipinski definition) is 5. The van der Waals surface area contributed by atoms with Gasteiger partial charge in [-0.05, 0) is 12.5 Å². The third-order valence-electron chi connectivity index (χ3n) is 2.96. The van der Waals surface area contributed by atoms with E-state index in [1.165, 1.54) is 5.56 Å². The summed E-state index contributed by atoms with van der Waals surface area (Å²) in [6.07, 6.45) is 2.83. The maximum Gasteiger partial charge on any atom is 0.130 e. The van der Waals surface area contributed by atoms with Gasteiger partial charge in [0.05, 0.1) is 6.61 Å². The molecule has 0 atom stereocenters. The molecule has 0 aromatic carbocycles. The van der Waals surface area contributed by atoms with Crippen LogP contribution in [0.25, 0.3) is 0 Å². The number of nitrogens with one attached hydrogen (secondary N) is 1. The van der Waals surface area contributed by atoms with E-state index < -0.39 is 0 Å². The van der Waals surface area contributed by atoms with Crippen molar-refractivity contribution in [3.8, 4) is 0 Å². The summed E-state index contributed by atoms with van der Waals surface area (Å²) in [5.74, 6) is 0.941. The minimum atomic E-state index is 0.738. The SMILES string of the molecule is CNc1ncccc1CN(CCCOC)CCOC. The van der Waals surface area contributed by atoms with Crippen LogP contribution in [0, 0.1) is 0 Å². The number of aromatic nitrogens is 1. The quantitative estimate of drug-likeness (QED) is 0.653. The second kappa shape index (κ2) is 9.72. The first-order valence-electron chi connectivity index (χ1n) is 6.63. The number of hydrogen-bond donors (Lipinski definition) is 1. The average Bonchev–Trinajstić information content (AvgIpc) is 2.45. The minimum absolute atomic E-state index is 0.738. The highest BCUT2D eigenvalue weighted by molar-refractivity contribution is 5.42. The van der Waals surface area contributed by atoms with E-state index in [0.29, 0.717) is 0 Å². The van der Waals surface area contributed by atoms with Crippen molar-refractivity contribution in [2.75, 3.05) is 52.9 Å². The molecular formula is C14H25N3O2. The van der Waals surface area contributed by atoms with Gasteiger partial charge in [-0.3, -0.25) is 4.90 Å². The zero-order valence-corrected chi connectivity index (χ0v) is 12.2. The maximum atomic E-state index is 5.17. The molecule has 5 nitrogen and oxygen atoms in total. The number of methoxy groups -OCH3 is 2. The molecule has 0 aliphatic rings. The monoisotopic (exact) mass is 267 g/mol. The lowest BCUT2D eigenvalue weighted by Gasteiger charge is -2.22. The molecule has 1 heterocycles. The molecule has 0 saturated heterocycles. The van der Waals surface area contributed by atoms with Crippen molar-refractivity contribution in [2.45, 2.75) is 13.0 Å². The average molecular weight is 267 g/mol. The van der Waals surface area contributed by atoms with E-state index in [4.69, 9.17) is 9.47 Å². The normalized spacial score (nSPS) is 10.9. The predicted molar refractivity (Wildman–Crippen MR) is 77.4 cm³/mol. The second-order valence-corrected chi connectivity index (χ2v) is 4.38. The summed E-state index contributed by atoms with van der Waals surface area (Å²) >= 11 is 0. The van der Waals surface area contributed by atoms with Gasteiger partial charge in [-0.25, -0.2) is 4.98 Å². The molecular weight excluding hydrogens is 242 g/mol. The van der Waals surface area contributed by atoms with Crippen LogP contribution in [-0.2, 0) is 16.0 Å². The van der Waals surface area contributed by atoms with Gasteiger partial charge < -0.3 is 14.8 Å². The summed E-state index contributed by atoms with van der Waals surface area (Å²) in [4.78, 5) is 6.69. The smallest absolute Gasteiger partial charge is 0.130 e. The Morgan fingerprint density at radius 3 is 2.68 bits per heavy atom. The summed E-state index contributed by atoms with van der Waals surface area (Å²) in [6.45, 7) is 4.31. The van der Waals surface area contributed by atoms with Gasteiger partial charge in [0.1, 0.15) is 5.82 Å². The highest BCUT2D eigenvalue weighted by atomic mass is 16.5. The van der Waals surface area contributed by atoms with Crippen LogP contribution in [0.2, 0.25) is 0 Å². The Balaban J connectivity index is 2.58. The van der Waals surface area contributed by atoms with Crippen LogP contribution in [-0.4, -0.2) is 57.5 Å². The molecule has 0 saturated carbocycles. The first-order chi connectivity index (χ1) is 9.31. The third kappa shape index (κ3) is 6.00. The maximum absolute atomic E-state index is 5.17. The van der Waals surface area contributed by atoms with Gasteiger partial charge in [-0.1, -0.05) is 6.07 Å². The van der Waals surface area contributed by atoms with Crippen molar-refractivity contribution in [1.82, 2.24) is 9.88 Å². The van der Waals surface area contributed by atoms with Gasteiger partial charge in [0.25, 0.3) is 0 Å². The van der Waals surface area contributed by atoms with Gasteiger partial charge in [0, 0.05) is 59.3 Å². The Labute approximate surface area is 115 Å². The van der Waals surface area contributed by atoms with E-state index in [9.17, 15) is 0 Å². The van der Waals surface area contributed by atoms with Crippen LogP contribution in [0.3, 0.4) is 0 Å². The number of ether oxygens (including phenoxy) is 2. The molecule has 19 heavy (non-hydrogen) atoms. The Hall–Kier alpha value is -1.17. The molecule has 1 N–H and O–H groups in total. The van der Waals surface area contributed by atoms with Gasteiger partial charge >= 0.3 is 0 Å². The molecule has 1 aromatic heterocycles. The van der Waals surface area contributed by atoms with Crippen molar-refractivity contribution < 1.29 is 9.47 Å². The van der Waals surface area contributed by atoms with Crippen molar-refractivity contribution in [3.05, 3.63) is 23.9 Å². The molecule has 1 aromatic rings. The molecule has 0 unspecified atom stereocenters. The van der Waals surface area contributed by atoms with E-state index >= 15 is 0 Å². The van der Waals surface area contributed by atoms with Gasteiger partial charge in [-0.2, -0.15) is 0 Å². The number of pyridine rings is 1. The molecule has 0 aliphatic heterocycles. The molecule has 0 spiro atoms. The first-order valence-corrected chi connectivity index (χ1v) is 6.63. The predicted octanol–water partition coefficient (Wildman–Crippen LogP) is 1.61. The zero-order valence-electron chi connectivity index (χ0n) is 12.2. The fraction of sp³-hybridized carbons (Fsp3) is 0.643. The van der Waals surface area contributed by atoms with Crippen molar-refractivity contribution >= 4 is 5.82 Å². The lowest BCUT2D eigenvalue weighted by molar-refractivity contribution is 0.129. The highest BCUT2D eigenvalue weighted by Crippen LogP contribution is 2.13. The van der Waals surface area contributed by atoms with Crippen molar-refractivity contribution in [2.24, 2.45) is 0 Å². The highest BCUT2D eigenvalue weighted by Gasteiger charge is 2.09. The molecule has 0 bridgehead atoms. The minimum Gasteiger partial charge on any atom is -0.385 e. The Kier molecular flexibility index (Phi) is 8.13. The van der Waals surface area contributed by atoms with E-state index in [2.05, 4.69) is 21.3 Å². The Morgan fingerprint density at radius 1 is 1.21 bits per heavy atom. The first kappa shape index (κ1) is 15.9. The summed E-state index contributed by atoms with van der Waals surface area (Å²) in [5.41, 5.74) is 1.21. The van der Waals surface area contributed by atoms with E-state index in [0.717, 1.165) is 45.1 Å². The van der Waals surface area contributed by atoms with Crippen LogP contribution in [0.1, 0.15) is 12.0 Å². The van der Waals surface area contributed by atoms with Crippen LogP contribution >= 0.6 is 0 Å². The van der Waals surface area contributed by atoms with Crippen molar-refractivity contribution in [1.29, 1.82) is 0 Å². The summed E-state index contributed by atoms with van der Waals surface area (Å²) in [6, 6.07) is 4.08.